The average molecular weight is 408 g/mol. The van der Waals surface area contributed by atoms with E-state index in [0.717, 1.165) is 26.1 Å². The number of carbonyl (C=O) groups is 1. The number of unbranched alkanes of at least 4 members (excludes halogenated alkanes) is 1. The van der Waals surface area contributed by atoms with E-state index < -0.39 is 5.91 Å². The molecule has 0 aliphatic rings. The van der Waals surface area contributed by atoms with Gasteiger partial charge in [-0.3, -0.25) is 14.9 Å². The molecule has 3 N–H and O–H groups in total. The summed E-state index contributed by atoms with van der Waals surface area (Å²) in [4.78, 5) is 16.9. The molecule has 0 aliphatic heterocycles. The summed E-state index contributed by atoms with van der Waals surface area (Å²) >= 11 is 0. The van der Waals surface area contributed by atoms with Gasteiger partial charge >= 0.3 is 0 Å². The largest absolute Gasteiger partial charge is 0.361 e. The smallest absolute Gasteiger partial charge is 0.267 e. The van der Waals surface area contributed by atoms with E-state index in [2.05, 4.69) is 59.9 Å². The number of nitrogens with one attached hydrogen (secondary N) is 2. The lowest BCUT2D eigenvalue weighted by atomic mass is 10.1. The zero-order valence-corrected chi connectivity index (χ0v) is 18.0. The predicted molar refractivity (Wildman–Crippen MR) is 124 cm³/mol. The average Bonchev–Trinajstić information content (AvgIpc) is 3.19. The Balaban J connectivity index is 1.99. The zero-order valence-electron chi connectivity index (χ0n) is 18.0. The number of hydrogen-bond acceptors (Lipinski definition) is 3. The van der Waals surface area contributed by atoms with Crippen LogP contribution in [0, 0.1) is 0 Å². The molecule has 5 nitrogen and oxygen atoms in total. The van der Waals surface area contributed by atoms with Crippen molar-refractivity contribution in [2.24, 2.45) is 0 Å². The molecule has 0 spiro atoms. The van der Waals surface area contributed by atoms with Crippen molar-refractivity contribution in [1.29, 1.82) is 0 Å². The second-order valence-corrected chi connectivity index (χ2v) is 7.32. The number of nitrogens with zero attached hydrogens (tertiary/aromatic N) is 1. The van der Waals surface area contributed by atoms with E-state index in [0.29, 0.717) is 5.57 Å². The Bertz CT molecular complexity index is 921. The van der Waals surface area contributed by atoms with Gasteiger partial charge < -0.3 is 4.98 Å². The fraction of sp³-hybridized carbons (Fsp3) is 0.320. The SMILES string of the molecule is C=C(/C=C\C(=C/C)CN(CCCC)CCc1c[nH]c2ccccc12)/C=C/C(=O)NO. The van der Waals surface area contributed by atoms with Crippen LogP contribution in [0.4, 0.5) is 0 Å². The van der Waals surface area contributed by atoms with Gasteiger partial charge in [-0.2, -0.15) is 0 Å². The van der Waals surface area contributed by atoms with Gasteiger partial charge in [-0.15, -0.1) is 0 Å². The minimum Gasteiger partial charge on any atom is -0.361 e. The molecule has 0 atom stereocenters. The van der Waals surface area contributed by atoms with E-state index in [1.165, 1.54) is 41.0 Å². The molecule has 0 bridgehead atoms. The monoisotopic (exact) mass is 407 g/mol. The number of hydrogen-bond donors (Lipinski definition) is 3. The van der Waals surface area contributed by atoms with Gasteiger partial charge in [0.25, 0.3) is 5.91 Å². The summed E-state index contributed by atoms with van der Waals surface area (Å²) in [6.07, 6.45) is 14.3. The number of para-hydroxylation sites is 1. The van der Waals surface area contributed by atoms with Crippen LogP contribution in [0.2, 0.25) is 0 Å². The molecule has 1 heterocycles. The Kier molecular flexibility index (Phi) is 9.84. The molecule has 2 aromatic rings. The molecule has 30 heavy (non-hydrogen) atoms. The normalized spacial score (nSPS) is 12.5. The molecule has 0 radical (unpaired) electrons. The van der Waals surface area contributed by atoms with Crippen molar-refractivity contribution in [2.75, 3.05) is 19.6 Å². The molecule has 1 aromatic heterocycles. The lowest BCUT2D eigenvalue weighted by Gasteiger charge is -2.22. The number of carbonyl (C=O) groups excluding carboxylic acids is 1. The van der Waals surface area contributed by atoms with Crippen molar-refractivity contribution in [3.63, 3.8) is 0 Å². The number of hydroxylamine groups is 1. The third-order valence-electron chi connectivity index (χ3n) is 5.05. The predicted octanol–water partition coefficient (Wildman–Crippen LogP) is 4.93. The Morgan fingerprint density at radius 2 is 1.97 bits per heavy atom. The van der Waals surface area contributed by atoms with Crippen molar-refractivity contribution in [2.45, 2.75) is 33.1 Å². The number of allylic oxidation sites excluding steroid dienone is 4. The summed E-state index contributed by atoms with van der Waals surface area (Å²) in [5.74, 6) is -0.571. The summed E-state index contributed by atoms with van der Waals surface area (Å²) in [6.45, 7) is 11.1. The lowest BCUT2D eigenvalue weighted by Crippen LogP contribution is -2.29. The van der Waals surface area contributed by atoms with Crippen molar-refractivity contribution < 1.29 is 10.0 Å². The quantitative estimate of drug-likeness (QED) is 0.202. The molecular formula is C25H33N3O2. The first-order valence-corrected chi connectivity index (χ1v) is 10.5. The minimum atomic E-state index is -0.571. The van der Waals surface area contributed by atoms with Crippen LogP contribution in [0.25, 0.3) is 10.9 Å². The zero-order chi connectivity index (χ0) is 21.8. The number of aromatic nitrogens is 1. The van der Waals surface area contributed by atoms with Gasteiger partial charge in [0.2, 0.25) is 0 Å². The molecule has 0 saturated heterocycles. The maximum Gasteiger partial charge on any atom is 0.267 e. The number of fused-ring (bicyclic) bond motifs is 1. The van der Waals surface area contributed by atoms with Gasteiger partial charge in [0.05, 0.1) is 0 Å². The standard InChI is InChI=1S/C25H33N3O2/c1-4-6-16-28(17-15-22-18-26-24-10-8-7-9-23(22)24)19-21(5-2)13-11-20(3)12-14-25(29)27-30/h5,7-14,18,26,30H,3-4,6,15-17,19H2,1-2H3,(H,27,29)/b13-11-,14-12+,21-5+. The molecular weight excluding hydrogens is 374 g/mol. The van der Waals surface area contributed by atoms with Gasteiger partial charge in [0, 0.05) is 36.3 Å². The van der Waals surface area contributed by atoms with Gasteiger partial charge in [0.15, 0.2) is 0 Å². The number of H-pyrrole nitrogens is 1. The van der Waals surface area contributed by atoms with Gasteiger partial charge in [-0.1, -0.05) is 62.4 Å². The summed E-state index contributed by atoms with van der Waals surface area (Å²) in [5.41, 5.74) is 6.00. The van der Waals surface area contributed by atoms with Crippen LogP contribution in [-0.4, -0.2) is 40.6 Å². The molecule has 0 unspecified atom stereocenters. The third-order valence-corrected chi connectivity index (χ3v) is 5.05. The lowest BCUT2D eigenvalue weighted by molar-refractivity contribution is -0.124. The van der Waals surface area contributed by atoms with Crippen molar-refractivity contribution >= 4 is 16.8 Å². The first-order chi connectivity index (χ1) is 14.6. The number of rotatable bonds is 12. The fourth-order valence-corrected chi connectivity index (χ4v) is 3.26. The Morgan fingerprint density at radius 1 is 1.20 bits per heavy atom. The number of amides is 1. The van der Waals surface area contributed by atoms with Crippen molar-refractivity contribution in [3.8, 4) is 0 Å². The summed E-state index contributed by atoms with van der Waals surface area (Å²) in [7, 11) is 0. The van der Waals surface area contributed by atoms with E-state index in [-0.39, 0.29) is 0 Å². The highest BCUT2D eigenvalue weighted by molar-refractivity contribution is 5.87. The molecule has 2 rings (SSSR count). The molecule has 160 valence electrons. The second kappa shape index (κ2) is 12.6. The van der Waals surface area contributed by atoms with Crippen molar-refractivity contribution in [1.82, 2.24) is 15.4 Å². The maximum atomic E-state index is 11.1. The number of benzene rings is 1. The summed E-state index contributed by atoms with van der Waals surface area (Å²) in [5, 5.41) is 9.84. The molecule has 1 amide bonds. The minimum absolute atomic E-state index is 0.571. The van der Waals surface area contributed by atoms with Gasteiger partial charge in [-0.05, 0) is 49.1 Å². The second-order valence-electron chi connectivity index (χ2n) is 7.32. The highest BCUT2D eigenvalue weighted by Gasteiger charge is 2.09. The van der Waals surface area contributed by atoms with Crippen LogP contribution >= 0.6 is 0 Å². The van der Waals surface area contributed by atoms with Gasteiger partial charge in [0.1, 0.15) is 0 Å². The summed E-state index contributed by atoms with van der Waals surface area (Å²) in [6, 6.07) is 8.43. The molecule has 1 aromatic carbocycles. The van der Waals surface area contributed by atoms with Gasteiger partial charge in [-0.25, -0.2) is 5.48 Å². The third kappa shape index (κ3) is 7.50. The topological polar surface area (TPSA) is 68.4 Å². The van der Waals surface area contributed by atoms with E-state index in [9.17, 15) is 4.79 Å². The molecule has 0 fully saturated rings. The first-order valence-electron chi connectivity index (χ1n) is 10.5. The van der Waals surface area contributed by atoms with E-state index in [1.54, 1.807) is 11.6 Å². The van der Waals surface area contributed by atoms with Crippen LogP contribution in [0.1, 0.15) is 32.3 Å². The first kappa shape index (κ1) is 23.4. The maximum absolute atomic E-state index is 11.1. The Morgan fingerprint density at radius 3 is 2.70 bits per heavy atom. The van der Waals surface area contributed by atoms with E-state index in [4.69, 9.17) is 5.21 Å². The summed E-state index contributed by atoms with van der Waals surface area (Å²) < 4.78 is 0. The van der Waals surface area contributed by atoms with Crippen LogP contribution < -0.4 is 5.48 Å². The van der Waals surface area contributed by atoms with Crippen molar-refractivity contribution in [3.05, 3.63) is 84.1 Å². The van der Waals surface area contributed by atoms with E-state index in [1.807, 2.05) is 19.1 Å². The molecule has 5 heteroatoms. The fourth-order valence-electron chi connectivity index (χ4n) is 3.26. The highest BCUT2D eigenvalue weighted by Crippen LogP contribution is 2.18. The molecule has 0 saturated carbocycles. The van der Waals surface area contributed by atoms with Crippen LogP contribution in [0.15, 0.2) is 78.6 Å². The van der Waals surface area contributed by atoms with Crippen LogP contribution in [0.3, 0.4) is 0 Å². The Labute approximate surface area is 179 Å². The molecule has 0 aliphatic carbocycles. The van der Waals surface area contributed by atoms with Crippen LogP contribution in [-0.2, 0) is 11.2 Å². The van der Waals surface area contributed by atoms with E-state index >= 15 is 0 Å². The van der Waals surface area contributed by atoms with Crippen LogP contribution in [0.5, 0.6) is 0 Å². The number of aromatic amines is 1. The highest BCUT2D eigenvalue weighted by atomic mass is 16.5. The Hall–Kier alpha value is -2.89.